The zero-order valence-corrected chi connectivity index (χ0v) is 16.7. The van der Waals surface area contributed by atoms with E-state index in [0.717, 1.165) is 4.47 Å². The number of Topliss-reactive ketones (excluding diaryl/α,β-unsaturated/α-hetero) is 1. The van der Waals surface area contributed by atoms with Gasteiger partial charge in [-0.3, -0.25) is 4.79 Å². The molecule has 1 saturated heterocycles. The first-order valence-corrected chi connectivity index (χ1v) is 10.5. The molecule has 0 N–H and O–H groups in total. The van der Waals surface area contributed by atoms with Gasteiger partial charge in [0.25, 0.3) is 0 Å². The van der Waals surface area contributed by atoms with E-state index in [1.54, 1.807) is 18.3 Å². The number of carbonyl (C=O) groups is 1. The minimum Gasteiger partial charge on any atom is -0.473 e. The highest BCUT2D eigenvalue weighted by atomic mass is 79.9. The van der Waals surface area contributed by atoms with Gasteiger partial charge in [-0.25, -0.2) is 13.4 Å². The van der Waals surface area contributed by atoms with Crippen LogP contribution in [0.2, 0.25) is 0 Å². The lowest BCUT2D eigenvalue weighted by molar-refractivity contribution is 0.101. The molecule has 1 fully saturated rings. The lowest BCUT2D eigenvalue weighted by Gasteiger charge is -2.31. The molecule has 1 aliphatic rings. The van der Waals surface area contributed by atoms with E-state index in [4.69, 9.17) is 4.74 Å². The zero-order chi connectivity index (χ0) is 18.7. The Kier molecular flexibility index (Phi) is 5.74. The number of rotatable bonds is 5. The fourth-order valence-electron chi connectivity index (χ4n) is 2.82. The number of benzene rings is 1. The molecule has 1 aromatic heterocycles. The molecule has 0 saturated carbocycles. The van der Waals surface area contributed by atoms with E-state index >= 15 is 0 Å². The number of ether oxygens (including phenoxy) is 1. The van der Waals surface area contributed by atoms with Gasteiger partial charge in [-0.15, -0.1) is 0 Å². The maximum Gasteiger partial charge on any atom is 0.243 e. The molecule has 0 aliphatic carbocycles. The molecular formula is C18H19BrN2O4S. The van der Waals surface area contributed by atoms with E-state index in [1.165, 1.54) is 23.4 Å². The summed E-state index contributed by atoms with van der Waals surface area (Å²) in [5.74, 6) is 0.432. The van der Waals surface area contributed by atoms with Crippen LogP contribution in [0.5, 0.6) is 5.88 Å². The maximum absolute atomic E-state index is 12.8. The summed E-state index contributed by atoms with van der Waals surface area (Å²) in [7, 11) is -3.57. The Morgan fingerprint density at radius 3 is 2.42 bits per heavy atom. The standard InChI is InChI=1S/C18H19BrN2O4S/c1-13(22)14-4-6-16(7-5-14)26(23,24)21-11-8-15(9-12-21)25-18-17(19)3-2-10-20-18/h2-7,10,15H,8-9,11-12H2,1H3. The fourth-order valence-corrected chi connectivity index (χ4v) is 4.63. The molecule has 2 heterocycles. The number of carbonyl (C=O) groups excluding carboxylic acids is 1. The number of ketones is 1. The summed E-state index contributed by atoms with van der Waals surface area (Å²) in [5.41, 5.74) is 0.497. The van der Waals surface area contributed by atoms with Crippen LogP contribution in [0.25, 0.3) is 0 Å². The van der Waals surface area contributed by atoms with E-state index in [9.17, 15) is 13.2 Å². The SMILES string of the molecule is CC(=O)c1ccc(S(=O)(=O)N2CCC(Oc3ncccc3Br)CC2)cc1. The zero-order valence-electron chi connectivity index (χ0n) is 14.3. The van der Waals surface area contributed by atoms with Crippen molar-refractivity contribution in [1.82, 2.24) is 9.29 Å². The van der Waals surface area contributed by atoms with Gasteiger partial charge in [-0.05, 0) is 60.0 Å². The Bertz CT molecular complexity index is 892. The van der Waals surface area contributed by atoms with Crippen molar-refractivity contribution in [2.45, 2.75) is 30.8 Å². The number of nitrogens with zero attached hydrogens (tertiary/aromatic N) is 2. The van der Waals surface area contributed by atoms with Crippen molar-refractivity contribution in [3.63, 3.8) is 0 Å². The molecule has 8 heteroatoms. The molecule has 0 unspecified atom stereocenters. The average molecular weight is 439 g/mol. The molecule has 138 valence electrons. The summed E-state index contributed by atoms with van der Waals surface area (Å²) in [5, 5.41) is 0. The molecule has 26 heavy (non-hydrogen) atoms. The van der Waals surface area contributed by atoms with Crippen LogP contribution in [0.15, 0.2) is 52.0 Å². The molecule has 1 aromatic carbocycles. The van der Waals surface area contributed by atoms with Crippen LogP contribution < -0.4 is 4.74 Å². The van der Waals surface area contributed by atoms with Crippen LogP contribution in [-0.2, 0) is 10.0 Å². The monoisotopic (exact) mass is 438 g/mol. The number of hydrogen-bond acceptors (Lipinski definition) is 5. The minimum atomic E-state index is -3.57. The minimum absolute atomic E-state index is 0.0762. The molecule has 0 bridgehead atoms. The molecule has 3 rings (SSSR count). The molecule has 2 aromatic rings. The fraction of sp³-hybridized carbons (Fsp3) is 0.333. The Morgan fingerprint density at radius 2 is 1.85 bits per heavy atom. The lowest BCUT2D eigenvalue weighted by Crippen LogP contribution is -2.41. The van der Waals surface area contributed by atoms with Crippen LogP contribution in [0, 0.1) is 0 Å². The van der Waals surface area contributed by atoms with Crippen molar-refractivity contribution in [3.8, 4) is 5.88 Å². The number of pyridine rings is 1. The third-order valence-corrected chi connectivity index (χ3v) is 6.82. The van der Waals surface area contributed by atoms with Gasteiger partial charge in [0.15, 0.2) is 5.78 Å². The number of hydrogen-bond donors (Lipinski definition) is 0. The smallest absolute Gasteiger partial charge is 0.243 e. The van der Waals surface area contributed by atoms with Gasteiger partial charge in [-0.2, -0.15) is 4.31 Å². The van der Waals surface area contributed by atoms with Crippen molar-refractivity contribution in [2.24, 2.45) is 0 Å². The van der Waals surface area contributed by atoms with Crippen molar-refractivity contribution in [3.05, 3.63) is 52.6 Å². The van der Waals surface area contributed by atoms with Crippen LogP contribution in [0.1, 0.15) is 30.1 Å². The molecule has 0 spiro atoms. The van der Waals surface area contributed by atoms with Gasteiger partial charge >= 0.3 is 0 Å². The molecule has 6 nitrogen and oxygen atoms in total. The van der Waals surface area contributed by atoms with Crippen molar-refractivity contribution in [2.75, 3.05) is 13.1 Å². The van der Waals surface area contributed by atoms with Crippen LogP contribution in [-0.4, -0.2) is 42.7 Å². The maximum atomic E-state index is 12.8. The highest BCUT2D eigenvalue weighted by Gasteiger charge is 2.30. The van der Waals surface area contributed by atoms with Crippen LogP contribution >= 0.6 is 15.9 Å². The Balaban J connectivity index is 1.65. The van der Waals surface area contributed by atoms with Crippen molar-refractivity contribution < 1.29 is 17.9 Å². The third-order valence-electron chi connectivity index (χ3n) is 4.30. The summed E-state index contributed by atoms with van der Waals surface area (Å²) >= 11 is 3.40. The second-order valence-electron chi connectivity index (χ2n) is 6.09. The highest BCUT2D eigenvalue weighted by molar-refractivity contribution is 9.10. The molecule has 0 amide bonds. The van der Waals surface area contributed by atoms with Gasteiger partial charge < -0.3 is 4.74 Å². The van der Waals surface area contributed by atoms with Crippen molar-refractivity contribution in [1.29, 1.82) is 0 Å². The Morgan fingerprint density at radius 1 is 1.19 bits per heavy atom. The van der Waals surface area contributed by atoms with E-state index in [0.29, 0.717) is 37.4 Å². The number of sulfonamides is 1. The van der Waals surface area contributed by atoms with E-state index in [1.807, 2.05) is 12.1 Å². The lowest BCUT2D eigenvalue weighted by atomic mass is 10.1. The topological polar surface area (TPSA) is 76.6 Å². The van der Waals surface area contributed by atoms with E-state index < -0.39 is 10.0 Å². The van der Waals surface area contributed by atoms with E-state index in [2.05, 4.69) is 20.9 Å². The molecule has 0 atom stereocenters. The quantitative estimate of drug-likeness (QED) is 0.669. The summed E-state index contributed by atoms with van der Waals surface area (Å²) < 4.78 is 33.7. The summed E-state index contributed by atoms with van der Waals surface area (Å²) in [4.78, 5) is 15.7. The summed E-state index contributed by atoms with van der Waals surface area (Å²) in [6.45, 7) is 2.21. The second-order valence-corrected chi connectivity index (χ2v) is 8.88. The largest absolute Gasteiger partial charge is 0.473 e. The molecule has 0 radical (unpaired) electrons. The van der Waals surface area contributed by atoms with Gasteiger partial charge in [0.1, 0.15) is 6.10 Å². The van der Waals surface area contributed by atoms with Crippen LogP contribution in [0.3, 0.4) is 0 Å². The number of aromatic nitrogens is 1. The molecular weight excluding hydrogens is 420 g/mol. The van der Waals surface area contributed by atoms with Gasteiger partial charge in [0.2, 0.25) is 15.9 Å². The first-order valence-electron chi connectivity index (χ1n) is 8.26. The predicted molar refractivity (Wildman–Crippen MR) is 101 cm³/mol. The van der Waals surface area contributed by atoms with Gasteiger partial charge in [-0.1, -0.05) is 12.1 Å². The van der Waals surface area contributed by atoms with E-state index in [-0.39, 0.29) is 16.8 Å². The highest BCUT2D eigenvalue weighted by Crippen LogP contribution is 2.27. The van der Waals surface area contributed by atoms with Crippen LogP contribution in [0.4, 0.5) is 0 Å². The Labute approximate surface area is 161 Å². The first-order chi connectivity index (χ1) is 12.4. The molecule has 1 aliphatic heterocycles. The predicted octanol–water partition coefficient (Wildman–Crippen LogP) is 3.28. The normalized spacial score (nSPS) is 16.4. The van der Waals surface area contributed by atoms with Gasteiger partial charge in [0, 0.05) is 24.8 Å². The first kappa shape index (κ1) is 19.0. The van der Waals surface area contributed by atoms with Gasteiger partial charge in [0.05, 0.1) is 9.37 Å². The summed E-state index contributed by atoms with van der Waals surface area (Å²) in [6.07, 6.45) is 2.76. The Hall–Kier alpha value is -1.77. The second kappa shape index (κ2) is 7.85. The third kappa shape index (κ3) is 4.13. The number of halogens is 1. The average Bonchev–Trinajstić information content (AvgIpc) is 2.64. The summed E-state index contributed by atoms with van der Waals surface area (Å²) in [6, 6.07) is 9.72. The number of piperidine rings is 1. The van der Waals surface area contributed by atoms with Crippen molar-refractivity contribution >= 4 is 31.7 Å².